The first kappa shape index (κ1) is 13.5. The summed E-state index contributed by atoms with van der Waals surface area (Å²) in [7, 11) is -3.19. The normalized spacial score (nSPS) is 13.7. The van der Waals surface area contributed by atoms with Crippen LogP contribution in [0.2, 0.25) is 5.02 Å². The molecule has 0 spiro atoms. The minimum absolute atomic E-state index is 0.00724. The number of sulfone groups is 1. The molecule has 0 bridgehead atoms. The molecule has 3 nitrogen and oxygen atoms in total. The van der Waals surface area contributed by atoms with Gasteiger partial charge in [-0.3, -0.25) is 0 Å². The van der Waals surface area contributed by atoms with E-state index >= 15 is 0 Å². The van der Waals surface area contributed by atoms with E-state index in [1.807, 2.05) is 0 Å². The Bertz CT molecular complexity index is 425. The number of halogens is 1. The molecule has 5 heteroatoms. The molecule has 90 valence electrons. The SMILES string of the molecule is CC(c1ccc(Cl)cc1)S(=O)(=O)CCCO. The Morgan fingerprint density at radius 2 is 1.88 bits per heavy atom. The van der Waals surface area contributed by atoms with Crippen molar-refractivity contribution in [3.63, 3.8) is 0 Å². The molecular formula is C11H15ClO3S. The standard InChI is InChI=1S/C11H15ClO3S/c1-9(16(14,15)8-2-7-13)10-3-5-11(12)6-4-10/h3-6,9,13H,2,7-8H2,1H3. The summed E-state index contributed by atoms with van der Waals surface area (Å²) >= 11 is 5.73. The van der Waals surface area contributed by atoms with Crippen LogP contribution in [0.15, 0.2) is 24.3 Å². The molecule has 1 aromatic carbocycles. The second-order valence-electron chi connectivity index (χ2n) is 3.64. The molecular weight excluding hydrogens is 248 g/mol. The Labute approximate surface area is 101 Å². The molecule has 0 fully saturated rings. The first-order chi connectivity index (χ1) is 7.47. The topological polar surface area (TPSA) is 54.4 Å². The second kappa shape index (κ2) is 5.66. The van der Waals surface area contributed by atoms with Crippen molar-refractivity contribution in [3.05, 3.63) is 34.9 Å². The third-order valence-electron chi connectivity index (χ3n) is 2.47. The lowest BCUT2D eigenvalue weighted by atomic mass is 10.2. The fraction of sp³-hybridized carbons (Fsp3) is 0.455. The van der Waals surface area contributed by atoms with Gasteiger partial charge in [0.05, 0.1) is 11.0 Å². The highest BCUT2D eigenvalue weighted by molar-refractivity contribution is 7.91. The average molecular weight is 263 g/mol. The summed E-state index contributed by atoms with van der Waals surface area (Å²) in [5.41, 5.74) is 0.724. The van der Waals surface area contributed by atoms with Gasteiger partial charge in [-0.15, -0.1) is 0 Å². The van der Waals surface area contributed by atoms with Gasteiger partial charge in [0.15, 0.2) is 9.84 Å². The lowest BCUT2D eigenvalue weighted by Crippen LogP contribution is -2.15. The van der Waals surface area contributed by atoms with Gasteiger partial charge >= 0.3 is 0 Å². The minimum atomic E-state index is -3.19. The monoisotopic (exact) mass is 262 g/mol. The minimum Gasteiger partial charge on any atom is -0.396 e. The maximum absolute atomic E-state index is 11.8. The number of aliphatic hydroxyl groups excluding tert-OH is 1. The molecule has 0 saturated carbocycles. The number of benzene rings is 1. The summed E-state index contributed by atoms with van der Waals surface area (Å²) in [5.74, 6) is 0.00724. The Kier molecular flexibility index (Phi) is 4.77. The van der Waals surface area contributed by atoms with Gasteiger partial charge in [-0.25, -0.2) is 8.42 Å². The first-order valence-electron chi connectivity index (χ1n) is 5.05. The largest absolute Gasteiger partial charge is 0.396 e. The van der Waals surface area contributed by atoms with Crippen LogP contribution in [0.3, 0.4) is 0 Å². The average Bonchev–Trinajstić information content (AvgIpc) is 2.26. The maximum atomic E-state index is 11.8. The van der Waals surface area contributed by atoms with Crippen LogP contribution < -0.4 is 0 Å². The van der Waals surface area contributed by atoms with E-state index < -0.39 is 15.1 Å². The summed E-state index contributed by atoms with van der Waals surface area (Å²) in [6, 6.07) is 6.77. The summed E-state index contributed by atoms with van der Waals surface area (Å²) in [5, 5.41) is 8.66. The molecule has 1 unspecified atom stereocenters. The van der Waals surface area contributed by atoms with E-state index in [-0.39, 0.29) is 18.8 Å². The highest BCUT2D eigenvalue weighted by Gasteiger charge is 2.21. The molecule has 0 aliphatic heterocycles. The van der Waals surface area contributed by atoms with Crippen LogP contribution in [-0.2, 0) is 9.84 Å². The third kappa shape index (κ3) is 3.47. The molecule has 0 aliphatic carbocycles. The van der Waals surface area contributed by atoms with Gasteiger partial charge in [0, 0.05) is 11.6 Å². The van der Waals surface area contributed by atoms with Crippen molar-refractivity contribution in [1.82, 2.24) is 0 Å². The molecule has 0 saturated heterocycles. The summed E-state index contributed by atoms with van der Waals surface area (Å²) in [6.45, 7) is 1.54. The van der Waals surface area contributed by atoms with Crippen LogP contribution in [0.1, 0.15) is 24.2 Å². The van der Waals surface area contributed by atoms with Gasteiger partial charge in [0.25, 0.3) is 0 Å². The Morgan fingerprint density at radius 1 is 1.31 bits per heavy atom. The van der Waals surface area contributed by atoms with Gasteiger partial charge < -0.3 is 5.11 Å². The zero-order valence-corrected chi connectivity index (χ0v) is 10.6. The van der Waals surface area contributed by atoms with Crippen molar-refractivity contribution in [2.75, 3.05) is 12.4 Å². The van der Waals surface area contributed by atoms with Crippen molar-refractivity contribution in [3.8, 4) is 0 Å². The molecule has 0 aromatic heterocycles. The van der Waals surface area contributed by atoms with Crippen LogP contribution in [0.4, 0.5) is 0 Å². The molecule has 0 amide bonds. The van der Waals surface area contributed by atoms with E-state index in [0.717, 1.165) is 5.56 Å². The number of aliphatic hydroxyl groups is 1. The molecule has 1 rings (SSSR count). The van der Waals surface area contributed by atoms with Crippen molar-refractivity contribution in [2.45, 2.75) is 18.6 Å². The maximum Gasteiger partial charge on any atom is 0.157 e. The van der Waals surface area contributed by atoms with Gasteiger partial charge in [-0.1, -0.05) is 23.7 Å². The van der Waals surface area contributed by atoms with Crippen LogP contribution in [0.25, 0.3) is 0 Å². The van der Waals surface area contributed by atoms with Crippen LogP contribution >= 0.6 is 11.6 Å². The van der Waals surface area contributed by atoms with Crippen LogP contribution in [0, 0.1) is 0 Å². The molecule has 1 atom stereocenters. The Morgan fingerprint density at radius 3 is 2.38 bits per heavy atom. The van der Waals surface area contributed by atoms with Gasteiger partial charge in [0.1, 0.15) is 0 Å². The predicted octanol–water partition coefficient (Wildman–Crippen LogP) is 2.20. The van der Waals surface area contributed by atoms with Gasteiger partial charge in [-0.2, -0.15) is 0 Å². The van der Waals surface area contributed by atoms with E-state index in [2.05, 4.69) is 0 Å². The van der Waals surface area contributed by atoms with Crippen molar-refractivity contribution in [2.24, 2.45) is 0 Å². The van der Waals surface area contributed by atoms with E-state index in [1.54, 1.807) is 31.2 Å². The first-order valence-corrected chi connectivity index (χ1v) is 7.14. The highest BCUT2D eigenvalue weighted by Crippen LogP contribution is 2.24. The number of hydrogen-bond acceptors (Lipinski definition) is 3. The molecule has 16 heavy (non-hydrogen) atoms. The molecule has 0 aliphatic rings. The van der Waals surface area contributed by atoms with Crippen molar-refractivity contribution >= 4 is 21.4 Å². The fourth-order valence-electron chi connectivity index (χ4n) is 1.38. The van der Waals surface area contributed by atoms with Gasteiger partial charge in [-0.05, 0) is 31.0 Å². The van der Waals surface area contributed by atoms with E-state index in [9.17, 15) is 8.42 Å². The number of hydrogen-bond donors (Lipinski definition) is 1. The van der Waals surface area contributed by atoms with E-state index in [0.29, 0.717) is 5.02 Å². The molecule has 0 radical (unpaired) electrons. The zero-order chi connectivity index (χ0) is 12.2. The Balaban J connectivity index is 2.84. The molecule has 1 N–H and O–H groups in total. The van der Waals surface area contributed by atoms with Crippen LogP contribution in [0.5, 0.6) is 0 Å². The second-order valence-corrected chi connectivity index (χ2v) is 6.52. The van der Waals surface area contributed by atoms with Crippen molar-refractivity contribution in [1.29, 1.82) is 0 Å². The molecule has 1 aromatic rings. The number of rotatable bonds is 5. The Hall–Kier alpha value is -0.580. The third-order valence-corrected chi connectivity index (χ3v) is 4.92. The van der Waals surface area contributed by atoms with E-state index in [1.165, 1.54) is 0 Å². The smallest absolute Gasteiger partial charge is 0.157 e. The van der Waals surface area contributed by atoms with Crippen LogP contribution in [-0.4, -0.2) is 25.9 Å². The highest BCUT2D eigenvalue weighted by atomic mass is 35.5. The summed E-state index contributed by atoms with van der Waals surface area (Å²) in [4.78, 5) is 0. The quantitative estimate of drug-likeness (QED) is 0.885. The predicted molar refractivity (Wildman–Crippen MR) is 65.4 cm³/mol. The fourth-order valence-corrected chi connectivity index (χ4v) is 2.97. The molecule has 0 heterocycles. The van der Waals surface area contributed by atoms with E-state index in [4.69, 9.17) is 16.7 Å². The summed E-state index contributed by atoms with van der Waals surface area (Å²) < 4.78 is 23.7. The lowest BCUT2D eigenvalue weighted by Gasteiger charge is -2.12. The summed E-state index contributed by atoms with van der Waals surface area (Å²) in [6.07, 6.45) is 0.278. The van der Waals surface area contributed by atoms with Gasteiger partial charge in [0.2, 0.25) is 0 Å². The van der Waals surface area contributed by atoms with Crippen molar-refractivity contribution < 1.29 is 13.5 Å². The lowest BCUT2D eigenvalue weighted by molar-refractivity contribution is 0.295. The zero-order valence-electron chi connectivity index (χ0n) is 9.06.